The minimum Gasteiger partial charge on any atom is -0.459 e. The van der Waals surface area contributed by atoms with Crippen molar-refractivity contribution in [2.75, 3.05) is 0 Å². The van der Waals surface area contributed by atoms with Crippen molar-refractivity contribution in [3.8, 4) is 0 Å². The minimum absolute atomic E-state index is 0.0790. The monoisotopic (exact) mass is 410 g/mol. The Morgan fingerprint density at radius 1 is 1.21 bits per heavy atom. The Morgan fingerprint density at radius 3 is 2.41 bits per heavy atom. The highest BCUT2D eigenvalue weighted by Gasteiger charge is 2.78. The summed E-state index contributed by atoms with van der Waals surface area (Å²) in [6.45, 7) is 8.95. The first-order chi connectivity index (χ1) is 13.2. The van der Waals surface area contributed by atoms with Gasteiger partial charge in [-0.1, -0.05) is 0 Å². The number of hydrogen-bond donors (Lipinski definition) is 2. The van der Waals surface area contributed by atoms with Crippen LogP contribution in [0.15, 0.2) is 11.1 Å². The Balaban J connectivity index is 1.99. The molecule has 0 aromatic rings. The molecule has 0 radical (unpaired) electrons. The Kier molecular flexibility index (Phi) is 3.99. The van der Waals surface area contributed by atoms with Crippen LogP contribution in [-0.4, -0.2) is 68.8 Å². The van der Waals surface area contributed by atoms with Gasteiger partial charge in [-0.15, -0.1) is 0 Å². The molecule has 0 spiro atoms. The summed E-state index contributed by atoms with van der Waals surface area (Å²) in [5.74, 6) is -4.20. The van der Waals surface area contributed by atoms with Gasteiger partial charge in [-0.25, -0.2) is 4.79 Å². The maximum absolute atomic E-state index is 12.9. The second-order valence-corrected chi connectivity index (χ2v) is 9.23. The fraction of sp³-hybridized carbons (Fsp3) is 0.750. The van der Waals surface area contributed by atoms with E-state index in [-0.39, 0.29) is 17.6 Å². The molecule has 0 aromatic heterocycles. The van der Waals surface area contributed by atoms with Crippen molar-refractivity contribution in [2.45, 2.75) is 88.9 Å². The van der Waals surface area contributed by atoms with Crippen LogP contribution in [0.4, 0.5) is 0 Å². The van der Waals surface area contributed by atoms with E-state index in [0.29, 0.717) is 0 Å². The van der Waals surface area contributed by atoms with E-state index in [4.69, 9.17) is 18.9 Å². The van der Waals surface area contributed by atoms with E-state index in [1.54, 1.807) is 20.8 Å². The maximum atomic E-state index is 12.9. The van der Waals surface area contributed by atoms with E-state index in [1.807, 2.05) is 0 Å². The summed E-state index contributed by atoms with van der Waals surface area (Å²) in [5, 5.41) is 22.6. The van der Waals surface area contributed by atoms with E-state index in [1.165, 1.54) is 20.8 Å². The Hall–Kier alpha value is -1.81. The summed E-state index contributed by atoms with van der Waals surface area (Å²) >= 11 is 0. The molecule has 0 amide bonds. The highest BCUT2D eigenvalue weighted by atomic mass is 16.8. The molecule has 0 unspecified atom stereocenters. The molecule has 9 heteroatoms. The second-order valence-electron chi connectivity index (χ2n) is 9.23. The topological polar surface area (TPSA) is 129 Å². The third-order valence-electron chi connectivity index (χ3n) is 6.78. The fourth-order valence-corrected chi connectivity index (χ4v) is 5.64. The smallest absolute Gasteiger partial charge is 0.342 e. The predicted molar refractivity (Wildman–Crippen MR) is 95.3 cm³/mol. The van der Waals surface area contributed by atoms with Crippen molar-refractivity contribution < 1.29 is 43.5 Å². The van der Waals surface area contributed by atoms with Crippen LogP contribution in [0.5, 0.6) is 0 Å². The van der Waals surface area contributed by atoms with Crippen molar-refractivity contribution in [3.63, 3.8) is 0 Å². The number of carbonyl (C=O) groups excluding carboxylic acids is 3. The maximum Gasteiger partial charge on any atom is 0.342 e. The van der Waals surface area contributed by atoms with Crippen LogP contribution < -0.4 is 0 Å². The zero-order chi connectivity index (χ0) is 21.7. The van der Waals surface area contributed by atoms with Gasteiger partial charge in [0.1, 0.15) is 17.8 Å². The molecule has 29 heavy (non-hydrogen) atoms. The van der Waals surface area contributed by atoms with E-state index in [0.717, 1.165) is 0 Å². The first kappa shape index (κ1) is 20.5. The molecule has 4 aliphatic rings. The van der Waals surface area contributed by atoms with E-state index < -0.39 is 64.5 Å². The SMILES string of the molecule is CC(=O)O[C@@]1(C)C[C@@H]2OC(C)(C)O[C@]3(C)C(=O)O[C@@H](C4=C(C)C(=O)[C@@H](O)[C@@H]41)[C@]23O. The molecule has 2 saturated heterocycles. The molecule has 2 aliphatic carbocycles. The molecule has 0 aromatic carbocycles. The molecule has 1 saturated carbocycles. The number of fused-ring (bicyclic) bond motifs is 2. The van der Waals surface area contributed by atoms with Gasteiger partial charge in [-0.05, 0) is 45.8 Å². The lowest BCUT2D eigenvalue weighted by molar-refractivity contribution is -0.381. The average Bonchev–Trinajstić information content (AvgIpc) is 2.87. The van der Waals surface area contributed by atoms with Gasteiger partial charge in [0.2, 0.25) is 5.60 Å². The van der Waals surface area contributed by atoms with Crippen LogP contribution in [0.3, 0.4) is 0 Å². The number of ketones is 1. The quantitative estimate of drug-likeness (QED) is 0.581. The summed E-state index contributed by atoms with van der Waals surface area (Å²) in [5.41, 5.74) is -4.75. The van der Waals surface area contributed by atoms with Crippen molar-refractivity contribution in [3.05, 3.63) is 11.1 Å². The number of rotatable bonds is 1. The van der Waals surface area contributed by atoms with Crippen LogP contribution >= 0.6 is 0 Å². The number of Topliss-reactive ketones (excluding diaryl/α,β-unsaturated/α-hetero) is 1. The van der Waals surface area contributed by atoms with Gasteiger partial charge < -0.3 is 29.2 Å². The molecular weight excluding hydrogens is 384 g/mol. The van der Waals surface area contributed by atoms with E-state index >= 15 is 0 Å². The molecule has 2 aliphatic heterocycles. The van der Waals surface area contributed by atoms with E-state index in [9.17, 15) is 24.6 Å². The standard InChI is InChI=1S/C20H26O9/c1-8-11-12(14(23)13(8)22)18(5,27-9(2)21)7-10-20(25)15(11)26-16(24)19(20,6)29-17(3,4)28-10/h10,12,14-15,23,25H,7H2,1-6H3/t10-,12+,14-,15-,18-,19+,20+/m0/s1. The van der Waals surface area contributed by atoms with Crippen molar-refractivity contribution in [1.82, 2.24) is 0 Å². The fourth-order valence-electron chi connectivity index (χ4n) is 5.64. The predicted octanol–water partition coefficient (Wildman–Crippen LogP) is 0.155. The first-order valence-corrected chi connectivity index (χ1v) is 9.62. The van der Waals surface area contributed by atoms with Crippen LogP contribution in [0.1, 0.15) is 48.0 Å². The van der Waals surface area contributed by atoms with Gasteiger partial charge in [-0.2, -0.15) is 0 Å². The Bertz CT molecular complexity index is 860. The first-order valence-electron chi connectivity index (χ1n) is 9.62. The normalized spacial score (nSPS) is 48.0. The van der Waals surface area contributed by atoms with Gasteiger partial charge in [0.15, 0.2) is 23.3 Å². The van der Waals surface area contributed by atoms with Gasteiger partial charge in [-0.3, -0.25) is 9.59 Å². The average molecular weight is 410 g/mol. The number of ether oxygens (including phenoxy) is 4. The summed E-state index contributed by atoms with van der Waals surface area (Å²) < 4.78 is 23.1. The summed E-state index contributed by atoms with van der Waals surface area (Å²) in [6, 6.07) is 0. The van der Waals surface area contributed by atoms with Crippen LogP contribution in [0.2, 0.25) is 0 Å². The highest BCUT2D eigenvalue weighted by Crippen LogP contribution is 2.59. The highest BCUT2D eigenvalue weighted by molar-refractivity contribution is 6.03. The van der Waals surface area contributed by atoms with Gasteiger partial charge in [0.25, 0.3) is 0 Å². The number of carbonyl (C=O) groups is 3. The van der Waals surface area contributed by atoms with Crippen molar-refractivity contribution in [1.29, 1.82) is 0 Å². The summed E-state index contributed by atoms with van der Waals surface area (Å²) in [4.78, 5) is 37.4. The van der Waals surface area contributed by atoms with Crippen LogP contribution in [0.25, 0.3) is 0 Å². The molecule has 4 rings (SSSR count). The lowest BCUT2D eigenvalue weighted by Gasteiger charge is -2.52. The molecular formula is C20H26O9. The Morgan fingerprint density at radius 2 is 1.83 bits per heavy atom. The zero-order valence-corrected chi connectivity index (χ0v) is 17.3. The molecule has 2 N–H and O–H groups in total. The summed E-state index contributed by atoms with van der Waals surface area (Å²) in [6.07, 6.45) is -3.91. The molecule has 2 heterocycles. The third-order valence-corrected chi connectivity index (χ3v) is 6.78. The van der Waals surface area contributed by atoms with Crippen LogP contribution in [-0.2, 0) is 33.3 Å². The molecule has 0 bridgehead atoms. The van der Waals surface area contributed by atoms with Crippen LogP contribution in [0, 0.1) is 5.92 Å². The lowest BCUT2D eigenvalue weighted by Crippen LogP contribution is -2.72. The number of esters is 2. The van der Waals surface area contributed by atoms with Gasteiger partial charge >= 0.3 is 11.9 Å². The lowest BCUT2D eigenvalue weighted by atomic mass is 9.74. The van der Waals surface area contributed by atoms with Gasteiger partial charge in [0, 0.05) is 13.3 Å². The van der Waals surface area contributed by atoms with E-state index in [2.05, 4.69) is 0 Å². The summed E-state index contributed by atoms with van der Waals surface area (Å²) in [7, 11) is 0. The number of hydrogen-bond acceptors (Lipinski definition) is 9. The molecule has 160 valence electrons. The Labute approximate surface area is 167 Å². The zero-order valence-electron chi connectivity index (χ0n) is 17.3. The number of aliphatic hydroxyl groups is 2. The number of aliphatic hydroxyl groups excluding tert-OH is 1. The molecule has 3 fully saturated rings. The van der Waals surface area contributed by atoms with Crippen molar-refractivity contribution in [2.24, 2.45) is 5.92 Å². The molecule has 7 atom stereocenters. The minimum atomic E-state index is -1.99. The third kappa shape index (κ3) is 2.38. The second kappa shape index (κ2) is 5.66. The molecule has 9 nitrogen and oxygen atoms in total. The van der Waals surface area contributed by atoms with Gasteiger partial charge in [0.05, 0.1) is 5.92 Å². The van der Waals surface area contributed by atoms with Crippen molar-refractivity contribution >= 4 is 17.7 Å². The largest absolute Gasteiger partial charge is 0.459 e.